The summed E-state index contributed by atoms with van der Waals surface area (Å²) in [5.74, 6) is 1.10. The number of alkyl halides is 3. The Labute approximate surface area is 168 Å². The lowest BCUT2D eigenvalue weighted by atomic mass is 9.92. The zero-order valence-corrected chi connectivity index (χ0v) is 15.9. The molecule has 2 N–H and O–H groups in total. The van der Waals surface area contributed by atoms with Crippen molar-refractivity contribution in [2.75, 3.05) is 24.5 Å². The molecule has 11 heteroatoms. The molecule has 0 radical (unpaired) electrons. The average Bonchev–Trinajstić information content (AvgIpc) is 3.12. The van der Waals surface area contributed by atoms with Crippen molar-refractivity contribution in [3.63, 3.8) is 0 Å². The second-order valence-electron chi connectivity index (χ2n) is 7.88. The maximum atomic E-state index is 12.6. The van der Waals surface area contributed by atoms with Gasteiger partial charge < -0.3 is 19.7 Å². The van der Waals surface area contributed by atoms with Gasteiger partial charge >= 0.3 is 6.18 Å². The number of aromatic amines is 1. The molecule has 0 atom stereocenters. The zero-order chi connectivity index (χ0) is 20.9. The number of carbonyl (C=O) groups excluding carboxylic acids is 1. The fourth-order valence-electron chi connectivity index (χ4n) is 4.09. The number of H-pyrrole nitrogens is 1. The first-order valence-electron chi connectivity index (χ1n) is 9.69. The number of hydrogen-bond acceptors (Lipinski definition) is 7. The van der Waals surface area contributed by atoms with Gasteiger partial charge in [0.15, 0.2) is 11.5 Å². The Kier molecular flexibility index (Phi) is 4.31. The molecule has 2 aliphatic rings. The van der Waals surface area contributed by atoms with E-state index in [9.17, 15) is 18.0 Å². The highest BCUT2D eigenvalue weighted by atomic mass is 19.4. The summed E-state index contributed by atoms with van der Waals surface area (Å²) in [5, 5.41) is 7.42. The lowest BCUT2D eigenvalue weighted by Crippen LogP contribution is -2.38. The van der Waals surface area contributed by atoms with Crippen molar-refractivity contribution in [1.29, 1.82) is 0 Å². The van der Waals surface area contributed by atoms with Crippen molar-refractivity contribution in [2.45, 2.75) is 37.4 Å². The molecule has 0 bridgehead atoms. The van der Waals surface area contributed by atoms with E-state index in [-0.39, 0.29) is 30.0 Å². The minimum Gasteiger partial charge on any atom is -0.360 e. The molecule has 0 amide bonds. The van der Waals surface area contributed by atoms with E-state index in [1.165, 1.54) is 6.33 Å². The second kappa shape index (κ2) is 6.79. The summed E-state index contributed by atoms with van der Waals surface area (Å²) in [6.07, 6.45) is -0.119. The summed E-state index contributed by atoms with van der Waals surface area (Å²) in [6.45, 7) is 0.542. The van der Waals surface area contributed by atoms with Crippen LogP contribution < -0.4 is 10.2 Å². The van der Waals surface area contributed by atoms with Crippen LogP contribution in [0.1, 0.15) is 41.1 Å². The first-order chi connectivity index (χ1) is 14.4. The normalized spacial score (nSPS) is 17.5. The zero-order valence-electron chi connectivity index (χ0n) is 15.9. The van der Waals surface area contributed by atoms with Crippen LogP contribution in [0.3, 0.4) is 0 Å². The van der Waals surface area contributed by atoms with Crippen LogP contribution in [-0.4, -0.2) is 51.7 Å². The van der Waals surface area contributed by atoms with Crippen LogP contribution >= 0.6 is 0 Å². The van der Waals surface area contributed by atoms with Crippen LogP contribution in [0.25, 0.3) is 11.0 Å². The number of rotatable bonds is 6. The van der Waals surface area contributed by atoms with Crippen LogP contribution in [0.2, 0.25) is 0 Å². The maximum absolute atomic E-state index is 12.6. The van der Waals surface area contributed by atoms with Gasteiger partial charge in [-0.1, -0.05) is 5.16 Å². The molecule has 1 saturated carbocycles. The number of aromatic nitrogens is 4. The monoisotopic (exact) mass is 420 g/mol. The quantitative estimate of drug-likeness (QED) is 0.467. The fourth-order valence-corrected chi connectivity index (χ4v) is 4.09. The number of anilines is 1. The number of nitrogens with zero attached hydrogens (tertiary/aromatic N) is 4. The van der Waals surface area contributed by atoms with E-state index in [1.807, 2.05) is 6.07 Å². The Morgan fingerprint density at radius 1 is 1.33 bits per heavy atom. The van der Waals surface area contributed by atoms with Crippen molar-refractivity contribution in [1.82, 2.24) is 25.4 Å². The van der Waals surface area contributed by atoms with Crippen LogP contribution in [0.15, 0.2) is 23.1 Å². The fraction of sp³-hybridized carbons (Fsp3) is 0.474. The van der Waals surface area contributed by atoms with E-state index in [1.54, 1.807) is 6.20 Å². The van der Waals surface area contributed by atoms with Gasteiger partial charge in [-0.25, -0.2) is 9.97 Å². The molecule has 1 aliphatic carbocycles. The molecule has 0 saturated heterocycles. The van der Waals surface area contributed by atoms with Crippen LogP contribution in [0.5, 0.6) is 0 Å². The Morgan fingerprint density at radius 3 is 2.93 bits per heavy atom. The standard InChI is InChI=1S/C19H19F3N6O2/c20-19(21,22)4-6-23-7-13(29)14-12-8-28(9-18(2-3-18)15(12)30-27-14)17-11-1-5-24-16(11)25-10-26-17/h1,5,10,23H,2-4,6-9H2,(H,24,25,26). The molecular formula is C19H19F3N6O2. The molecule has 30 heavy (non-hydrogen) atoms. The van der Waals surface area contributed by atoms with Gasteiger partial charge in [-0.05, 0) is 18.9 Å². The molecule has 8 nitrogen and oxygen atoms in total. The third kappa shape index (κ3) is 3.32. The molecule has 0 unspecified atom stereocenters. The number of hydrogen-bond donors (Lipinski definition) is 2. The summed E-state index contributed by atoms with van der Waals surface area (Å²) >= 11 is 0. The molecular weight excluding hydrogens is 401 g/mol. The Morgan fingerprint density at radius 2 is 2.17 bits per heavy atom. The highest BCUT2D eigenvalue weighted by Gasteiger charge is 2.54. The Balaban J connectivity index is 1.39. The van der Waals surface area contributed by atoms with Gasteiger partial charge in [-0.2, -0.15) is 13.2 Å². The van der Waals surface area contributed by atoms with E-state index >= 15 is 0 Å². The van der Waals surface area contributed by atoms with Crippen molar-refractivity contribution >= 4 is 22.6 Å². The molecule has 0 aromatic carbocycles. The van der Waals surface area contributed by atoms with Gasteiger partial charge in [0.05, 0.1) is 24.9 Å². The summed E-state index contributed by atoms with van der Waals surface area (Å²) in [7, 11) is 0. The highest BCUT2D eigenvalue weighted by Crippen LogP contribution is 2.53. The van der Waals surface area contributed by atoms with Crippen molar-refractivity contribution in [3.05, 3.63) is 35.6 Å². The Hall–Kier alpha value is -2.95. The van der Waals surface area contributed by atoms with Crippen LogP contribution in [-0.2, 0) is 12.0 Å². The molecule has 4 heterocycles. The third-order valence-electron chi connectivity index (χ3n) is 5.73. The SMILES string of the molecule is O=C(CNCCC(F)(F)F)c1noc2c1CN(c1ncnc3[nH]ccc13)CC21CC1. The molecule has 5 rings (SSSR count). The van der Waals surface area contributed by atoms with Gasteiger partial charge in [0.2, 0.25) is 0 Å². The maximum Gasteiger partial charge on any atom is 0.390 e. The number of fused-ring (bicyclic) bond motifs is 3. The van der Waals surface area contributed by atoms with E-state index in [4.69, 9.17) is 4.52 Å². The van der Waals surface area contributed by atoms with E-state index < -0.39 is 12.6 Å². The number of halogens is 3. The molecule has 3 aromatic rings. The summed E-state index contributed by atoms with van der Waals surface area (Å²) < 4.78 is 42.4. The third-order valence-corrected chi connectivity index (χ3v) is 5.73. The lowest BCUT2D eigenvalue weighted by molar-refractivity contribution is -0.133. The topological polar surface area (TPSA) is 99.9 Å². The van der Waals surface area contributed by atoms with Gasteiger partial charge in [0, 0.05) is 30.3 Å². The first kappa shape index (κ1) is 19.0. The molecule has 1 spiro atoms. The summed E-state index contributed by atoms with van der Waals surface area (Å²) in [4.78, 5) is 26.5. The van der Waals surface area contributed by atoms with Gasteiger partial charge in [-0.15, -0.1) is 0 Å². The highest BCUT2D eigenvalue weighted by molar-refractivity contribution is 5.97. The number of ketones is 1. The smallest absolute Gasteiger partial charge is 0.360 e. The Bertz CT molecular complexity index is 1100. The van der Waals surface area contributed by atoms with Crippen molar-refractivity contribution in [3.8, 4) is 0 Å². The molecule has 3 aromatic heterocycles. The number of Topliss-reactive ketones (excluding diaryl/α,β-unsaturated/α-hetero) is 1. The predicted molar refractivity (Wildman–Crippen MR) is 100 cm³/mol. The van der Waals surface area contributed by atoms with Crippen LogP contribution in [0, 0.1) is 0 Å². The largest absolute Gasteiger partial charge is 0.390 e. The first-order valence-corrected chi connectivity index (χ1v) is 9.69. The van der Waals surface area contributed by atoms with E-state index in [2.05, 4.69) is 30.3 Å². The van der Waals surface area contributed by atoms with Crippen molar-refractivity contribution in [2.24, 2.45) is 0 Å². The number of carbonyl (C=O) groups is 1. The van der Waals surface area contributed by atoms with E-state index in [0.717, 1.165) is 35.5 Å². The number of nitrogens with one attached hydrogen (secondary N) is 2. The van der Waals surface area contributed by atoms with Crippen LogP contribution in [0.4, 0.5) is 19.0 Å². The molecule has 1 fully saturated rings. The van der Waals surface area contributed by atoms with Gasteiger partial charge in [0.1, 0.15) is 23.6 Å². The van der Waals surface area contributed by atoms with E-state index in [0.29, 0.717) is 18.7 Å². The molecule has 1 aliphatic heterocycles. The van der Waals surface area contributed by atoms with Gasteiger partial charge in [0.25, 0.3) is 0 Å². The summed E-state index contributed by atoms with van der Waals surface area (Å²) in [5.41, 5.74) is 1.41. The second-order valence-corrected chi connectivity index (χ2v) is 7.88. The van der Waals surface area contributed by atoms with Crippen molar-refractivity contribution < 1.29 is 22.5 Å². The summed E-state index contributed by atoms with van der Waals surface area (Å²) in [6, 6.07) is 1.91. The minimum absolute atomic E-state index is 0.180. The molecule has 158 valence electrons. The minimum atomic E-state index is -4.26. The lowest BCUT2D eigenvalue weighted by Gasteiger charge is -2.32. The van der Waals surface area contributed by atoms with Gasteiger partial charge in [-0.3, -0.25) is 4.79 Å². The predicted octanol–water partition coefficient (Wildman–Crippen LogP) is 2.72. The average molecular weight is 420 g/mol.